The average molecular weight is 394 g/mol. The highest BCUT2D eigenvalue weighted by Crippen LogP contribution is 2.32. The summed E-state index contributed by atoms with van der Waals surface area (Å²) in [5.41, 5.74) is -0.474. The molecule has 8 heteroatoms. The molecule has 1 aromatic heterocycles. The van der Waals surface area contributed by atoms with Gasteiger partial charge in [-0.15, -0.1) is 0 Å². The van der Waals surface area contributed by atoms with Crippen LogP contribution in [0.2, 0.25) is 5.02 Å². The second-order valence-corrected chi connectivity index (χ2v) is 6.51. The molecule has 3 aromatic rings. The Morgan fingerprint density at radius 3 is 2.41 bits per heavy atom. The van der Waals surface area contributed by atoms with Gasteiger partial charge >= 0.3 is 6.18 Å². The number of carbonyl (C=O) groups is 1. The molecule has 0 N–H and O–H groups in total. The Balaban J connectivity index is 1.78. The third kappa shape index (κ3) is 2.88. The number of hydrogen-bond donors (Lipinski definition) is 0. The second kappa shape index (κ2) is 6.13. The number of amides is 1. The van der Waals surface area contributed by atoms with Crippen LogP contribution in [-0.2, 0) is 12.6 Å². The van der Waals surface area contributed by atoms with Crippen LogP contribution in [0.15, 0.2) is 51.7 Å². The number of para-hydroxylation sites is 1. The van der Waals surface area contributed by atoms with Crippen molar-refractivity contribution in [1.82, 2.24) is 0 Å². The molecule has 0 bridgehead atoms. The molecule has 0 aliphatic carbocycles. The fourth-order valence-corrected chi connectivity index (χ4v) is 3.36. The molecule has 2 heterocycles. The van der Waals surface area contributed by atoms with E-state index in [2.05, 4.69) is 0 Å². The van der Waals surface area contributed by atoms with Crippen molar-refractivity contribution in [2.24, 2.45) is 0 Å². The highest BCUT2D eigenvalue weighted by Gasteiger charge is 2.33. The van der Waals surface area contributed by atoms with E-state index < -0.39 is 17.6 Å². The molecule has 138 valence electrons. The van der Waals surface area contributed by atoms with Crippen LogP contribution in [0.3, 0.4) is 0 Å². The number of halogens is 4. The molecule has 27 heavy (non-hydrogen) atoms. The topological polar surface area (TPSA) is 50.5 Å². The lowest BCUT2D eigenvalue weighted by Crippen LogP contribution is -2.40. The van der Waals surface area contributed by atoms with Crippen molar-refractivity contribution in [1.29, 1.82) is 0 Å². The van der Waals surface area contributed by atoms with Gasteiger partial charge in [0.15, 0.2) is 16.8 Å². The van der Waals surface area contributed by atoms with E-state index >= 15 is 0 Å². The summed E-state index contributed by atoms with van der Waals surface area (Å²) in [5, 5.41) is 0.490. The first kappa shape index (κ1) is 17.6. The largest absolute Gasteiger partial charge is 0.449 e. The fourth-order valence-electron chi connectivity index (χ4n) is 3.14. The van der Waals surface area contributed by atoms with Crippen LogP contribution in [0.5, 0.6) is 0 Å². The first-order chi connectivity index (χ1) is 12.8. The smallest absolute Gasteiger partial charge is 0.416 e. The molecule has 0 radical (unpaired) electrons. The molecule has 4 nitrogen and oxygen atoms in total. The number of hydrogen-bond acceptors (Lipinski definition) is 3. The van der Waals surface area contributed by atoms with Gasteiger partial charge in [-0.1, -0.05) is 17.7 Å². The molecule has 0 saturated carbocycles. The van der Waals surface area contributed by atoms with Crippen LogP contribution in [-0.4, -0.2) is 12.5 Å². The third-order valence-corrected chi connectivity index (χ3v) is 4.79. The third-order valence-electron chi connectivity index (χ3n) is 4.50. The quantitative estimate of drug-likeness (QED) is 0.603. The minimum Gasteiger partial charge on any atom is -0.449 e. The summed E-state index contributed by atoms with van der Waals surface area (Å²) in [6, 6.07) is 8.99. The first-order valence-corrected chi connectivity index (χ1v) is 8.38. The van der Waals surface area contributed by atoms with E-state index in [1.165, 1.54) is 17.0 Å². The monoisotopic (exact) mass is 393 g/mol. The first-order valence-electron chi connectivity index (χ1n) is 8.00. The van der Waals surface area contributed by atoms with Crippen LogP contribution in [0.4, 0.5) is 18.9 Å². The summed E-state index contributed by atoms with van der Waals surface area (Å²) in [5.74, 6) is -0.721. The summed E-state index contributed by atoms with van der Waals surface area (Å²) in [7, 11) is 0. The van der Waals surface area contributed by atoms with Gasteiger partial charge in [0.25, 0.3) is 5.91 Å². The lowest BCUT2D eigenvalue weighted by molar-refractivity contribution is -0.137. The molecular formula is C19H11ClF3NO3. The number of benzene rings is 2. The zero-order valence-electron chi connectivity index (χ0n) is 13.6. The zero-order chi connectivity index (χ0) is 19.3. The van der Waals surface area contributed by atoms with Gasteiger partial charge in [0, 0.05) is 12.2 Å². The van der Waals surface area contributed by atoms with Gasteiger partial charge in [-0.25, -0.2) is 0 Å². The molecule has 1 aliphatic heterocycles. The van der Waals surface area contributed by atoms with E-state index in [-0.39, 0.29) is 45.7 Å². The molecule has 0 unspecified atom stereocenters. The lowest BCUT2D eigenvalue weighted by Gasteiger charge is -2.27. The summed E-state index contributed by atoms with van der Waals surface area (Å²) in [4.78, 5) is 26.8. The van der Waals surface area contributed by atoms with Crippen molar-refractivity contribution in [3.63, 3.8) is 0 Å². The number of rotatable bonds is 1. The van der Waals surface area contributed by atoms with Crippen molar-refractivity contribution in [3.05, 3.63) is 74.6 Å². The van der Waals surface area contributed by atoms with E-state index in [1.807, 2.05) is 0 Å². The Labute approximate surface area is 155 Å². The van der Waals surface area contributed by atoms with Crippen molar-refractivity contribution in [2.75, 3.05) is 11.4 Å². The van der Waals surface area contributed by atoms with Gasteiger partial charge in [0.1, 0.15) is 0 Å². The van der Waals surface area contributed by atoms with E-state index in [0.717, 1.165) is 12.1 Å². The average Bonchev–Trinajstić information content (AvgIpc) is 2.63. The van der Waals surface area contributed by atoms with Gasteiger partial charge in [-0.05, 0) is 42.8 Å². The molecular weight excluding hydrogens is 383 g/mol. The Kier molecular flexibility index (Phi) is 3.99. The van der Waals surface area contributed by atoms with Crippen LogP contribution in [0.1, 0.15) is 21.7 Å². The molecule has 4 rings (SSSR count). The summed E-state index contributed by atoms with van der Waals surface area (Å²) >= 11 is 6.07. The molecule has 0 atom stereocenters. The van der Waals surface area contributed by atoms with Gasteiger partial charge in [0.05, 0.1) is 21.5 Å². The van der Waals surface area contributed by atoms with E-state index in [0.29, 0.717) is 5.69 Å². The Morgan fingerprint density at radius 2 is 1.74 bits per heavy atom. The maximum Gasteiger partial charge on any atom is 0.416 e. The summed E-state index contributed by atoms with van der Waals surface area (Å²) in [6.07, 6.45) is -4.23. The van der Waals surface area contributed by atoms with Crippen molar-refractivity contribution < 1.29 is 22.4 Å². The van der Waals surface area contributed by atoms with Gasteiger partial charge < -0.3 is 9.32 Å². The molecule has 1 amide bonds. The predicted molar refractivity (Wildman–Crippen MR) is 94.3 cm³/mol. The van der Waals surface area contributed by atoms with Gasteiger partial charge in [-0.2, -0.15) is 13.2 Å². The minimum atomic E-state index is -4.46. The Hall–Kier alpha value is -2.80. The van der Waals surface area contributed by atoms with Crippen LogP contribution in [0.25, 0.3) is 11.0 Å². The van der Waals surface area contributed by atoms with Crippen LogP contribution < -0.4 is 10.3 Å². The lowest BCUT2D eigenvalue weighted by atomic mass is 10.0. The van der Waals surface area contributed by atoms with Gasteiger partial charge in [-0.3, -0.25) is 9.59 Å². The van der Waals surface area contributed by atoms with Crippen molar-refractivity contribution in [3.8, 4) is 0 Å². The maximum absolute atomic E-state index is 12.8. The maximum atomic E-state index is 12.8. The minimum absolute atomic E-state index is 0.116. The second-order valence-electron chi connectivity index (χ2n) is 6.11. The number of alkyl halides is 3. The highest BCUT2D eigenvalue weighted by molar-refractivity contribution is 6.34. The van der Waals surface area contributed by atoms with Gasteiger partial charge in [0.2, 0.25) is 0 Å². The molecule has 0 spiro atoms. The number of anilines is 1. The fraction of sp³-hybridized carbons (Fsp3) is 0.158. The Morgan fingerprint density at radius 1 is 1.04 bits per heavy atom. The Bertz CT molecular complexity index is 1120. The van der Waals surface area contributed by atoms with E-state index in [9.17, 15) is 22.8 Å². The molecule has 0 saturated heterocycles. The normalized spacial score (nSPS) is 14.5. The van der Waals surface area contributed by atoms with Crippen LogP contribution >= 0.6 is 11.6 Å². The van der Waals surface area contributed by atoms with E-state index in [4.69, 9.17) is 16.0 Å². The van der Waals surface area contributed by atoms with Crippen molar-refractivity contribution >= 4 is 34.2 Å². The van der Waals surface area contributed by atoms with E-state index in [1.54, 1.807) is 18.2 Å². The number of nitrogens with zero attached hydrogens (tertiary/aromatic N) is 1. The standard InChI is InChI=1S/C19H11ClF3NO3/c20-14-3-1-2-12-15(25)13-8-9-24(18(26)17(13)27-16(12)14)11-6-4-10(5-7-11)19(21,22)23/h1-7H,8-9H2. The van der Waals surface area contributed by atoms with Crippen molar-refractivity contribution in [2.45, 2.75) is 12.6 Å². The summed E-state index contributed by atoms with van der Waals surface area (Å²) in [6.45, 7) is 0.161. The molecule has 0 fully saturated rings. The SMILES string of the molecule is O=C1c2oc3c(Cl)cccc3c(=O)c2CCN1c1ccc(C(F)(F)F)cc1. The molecule has 2 aromatic carbocycles. The number of fused-ring (bicyclic) bond motifs is 2. The number of carbonyl (C=O) groups excluding carboxylic acids is 1. The van der Waals surface area contributed by atoms with Crippen LogP contribution in [0, 0.1) is 0 Å². The summed E-state index contributed by atoms with van der Waals surface area (Å²) < 4.78 is 43.8. The predicted octanol–water partition coefficient (Wildman–Crippen LogP) is 4.67. The highest BCUT2D eigenvalue weighted by atomic mass is 35.5. The zero-order valence-corrected chi connectivity index (χ0v) is 14.4. The molecule has 1 aliphatic rings.